The van der Waals surface area contributed by atoms with E-state index in [0.717, 1.165) is 31.6 Å². The van der Waals surface area contributed by atoms with Gasteiger partial charge >= 0.3 is 0 Å². The number of benzene rings is 2. The molecule has 1 saturated heterocycles. The minimum absolute atomic E-state index is 0.329. The summed E-state index contributed by atoms with van der Waals surface area (Å²) in [7, 11) is 0. The Kier molecular flexibility index (Phi) is 5.40. The van der Waals surface area contributed by atoms with Crippen LogP contribution in [0.1, 0.15) is 50.3 Å². The molecule has 2 aromatic carbocycles. The fraction of sp³-hybridized carbons (Fsp3) is 0.250. The molecule has 7 heteroatoms. The predicted octanol–water partition coefficient (Wildman–Crippen LogP) is 2.13. The van der Waals surface area contributed by atoms with Crippen molar-refractivity contribution >= 4 is 29.1 Å². The first-order valence-electron chi connectivity index (χ1n) is 8.86. The Morgan fingerprint density at radius 2 is 1.33 bits per heavy atom. The van der Waals surface area contributed by atoms with E-state index in [-0.39, 0.29) is 5.91 Å². The Morgan fingerprint density at radius 1 is 0.778 bits per heavy atom. The van der Waals surface area contributed by atoms with Gasteiger partial charge in [-0.1, -0.05) is 0 Å². The second-order valence-electron chi connectivity index (χ2n) is 6.54. The maximum atomic E-state index is 12.6. The highest BCUT2D eigenvalue weighted by atomic mass is 16.2. The van der Waals surface area contributed by atoms with E-state index in [9.17, 15) is 14.4 Å². The van der Waals surface area contributed by atoms with Crippen LogP contribution < -0.4 is 21.7 Å². The van der Waals surface area contributed by atoms with E-state index in [1.165, 1.54) is 30.7 Å². The van der Waals surface area contributed by atoms with Crippen molar-refractivity contribution in [2.75, 3.05) is 23.3 Å². The largest absolute Gasteiger partial charge is 0.370 e. The molecule has 1 fully saturated rings. The van der Waals surface area contributed by atoms with E-state index >= 15 is 0 Å². The molecular formula is C20H22N4O3. The summed E-state index contributed by atoms with van der Waals surface area (Å²) < 4.78 is 0. The lowest BCUT2D eigenvalue weighted by molar-refractivity contribution is 0.0992. The van der Waals surface area contributed by atoms with Crippen LogP contribution in [0.3, 0.4) is 0 Å². The molecule has 0 radical (unpaired) electrons. The highest BCUT2D eigenvalue weighted by Gasteiger charge is 2.18. The van der Waals surface area contributed by atoms with Gasteiger partial charge in [0.25, 0.3) is 5.91 Å². The Hall–Kier alpha value is -3.35. The summed E-state index contributed by atoms with van der Waals surface area (Å²) in [5.74, 6) is -1.45. The molecular weight excluding hydrogens is 344 g/mol. The number of nitrogens with one attached hydrogen (secondary N) is 1. The minimum Gasteiger partial charge on any atom is -0.370 e. The molecule has 0 unspecified atom stereocenters. The van der Waals surface area contributed by atoms with Gasteiger partial charge in [0.05, 0.1) is 11.4 Å². The Bertz CT molecular complexity index is 871. The average Bonchev–Trinajstić information content (AvgIpc) is 2.68. The zero-order valence-corrected chi connectivity index (χ0v) is 14.9. The van der Waals surface area contributed by atoms with Gasteiger partial charge in [-0.2, -0.15) is 0 Å². The number of nitrogens with two attached hydrogens (primary N) is 2. The van der Waals surface area contributed by atoms with Crippen molar-refractivity contribution in [1.29, 1.82) is 0 Å². The van der Waals surface area contributed by atoms with Crippen LogP contribution in [-0.4, -0.2) is 30.8 Å². The number of nitrogens with zero attached hydrogens (tertiary/aromatic N) is 1. The first kappa shape index (κ1) is 18.4. The lowest BCUT2D eigenvalue weighted by Crippen LogP contribution is -2.30. The van der Waals surface area contributed by atoms with Crippen LogP contribution in [-0.2, 0) is 0 Å². The zero-order chi connectivity index (χ0) is 19.4. The summed E-state index contributed by atoms with van der Waals surface area (Å²) in [6.45, 7) is 1.79. The summed E-state index contributed by atoms with van der Waals surface area (Å²) in [6.07, 6.45) is 3.35. The lowest BCUT2D eigenvalue weighted by atomic mass is 10.1. The predicted molar refractivity (Wildman–Crippen MR) is 104 cm³/mol. The van der Waals surface area contributed by atoms with E-state index in [1.54, 1.807) is 12.1 Å². The van der Waals surface area contributed by atoms with Gasteiger partial charge in [0, 0.05) is 29.8 Å². The van der Waals surface area contributed by atoms with Crippen molar-refractivity contribution in [3.05, 3.63) is 59.2 Å². The lowest BCUT2D eigenvalue weighted by Gasteiger charge is -2.30. The van der Waals surface area contributed by atoms with E-state index in [1.807, 2.05) is 6.07 Å². The van der Waals surface area contributed by atoms with Crippen LogP contribution in [0.2, 0.25) is 0 Å². The highest BCUT2D eigenvalue weighted by molar-refractivity contribution is 6.07. The Balaban J connectivity index is 1.88. The summed E-state index contributed by atoms with van der Waals surface area (Å²) in [5, 5.41) is 2.86. The zero-order valence-electron chi connectivity index (χ0n) is 14.9. The maximum absolute atomic E-state index is 12.6. The van der Waals surface area contributed by atoms with E-state index in [0.29, 0.717) is 22.4 Å². The molecule has 27 heavy (non-hydrogen) atoms. The second-order valence-corrected chi connectivity index (χ2v) is 6.54. The standard InChI is InChI=1S/C20H22N4O3/c21-18(25)13-4-6-14(7-5-13)20(27)23-16-12-15(19(22)26)8-9-17(16)24-10-2-1-3-11-24/h4-9,12H,1-3,10-11H2,(H2,21,25)(H2,22,26)(H,23,27). The summed E-state index contributed by atoms with van der Waals surface area (Å²) in [6, 6.07) is 11.2. The fourth-order valence-corrected chi connectivity index (χ4v) is 3.18. The van der Waals surface area contributed by atoms with Crippen molar-refractivity contribution < 1.29 is 14.4 Å². The number of hydrogen-bond acceptors (Lipinski definition) is 4. The van der Waals surface area contributed by atoms with E-state index < -0.39 is 11.8 Å². The van der Waals surface area contributed by atoms with Crippen LogP contribution in [0.5, 0.6) is 0 Å². The van der Waals surface area contributed by atoms with E-state index in [4.69, 9.17) is 11.5 Å². The van der Waals surface area contributed by atoms with Gasteiger partial charge in [-0.25, -0.2) is 0 Å². The van der Waals surface area contributed by atoms with Gasteiger partial charge in [0.15, 0.2) is 0 Å². The molecule has 0 atom stereocenters. The monoisotopic (exact) mass is 366 g/mol. The van der Waals surface area contributed by atoms with Crippen LogP contribution >= 0.6 is 0 Å². The number of primary amides is 2. The smallest absolute Gasteiger partial charge is 0.255 e. The van der Waals surface area contributed by atoms with Gasteiger partial charge in [-0.15, -0.1) is 0 Å². The topological polar surface area (TPSA) is 119 Å². The fourth-order valence-electron chi connectivity index (χ4n) is 3.18. The molecule has 3 rings (SSSR count). The van der Waals surface area contributed by atoms with Crippen LogP contribution in [0.15, 0.2) is 42.5 Å². The third kappa shape index (κ3) is 4.25. The molecule has 0 aromatic heterocycles. The molecule has 5 N–H and O–H groups in total. The highest BCUT2D eigenvalue weighted by Crippen LogP contribution is 2.30. The van der Waals surface area contributed by atoms with Crippen molar-refractivity contribution in [1.82, 2.24) is 0 Å². The molecule has 1 heterocycles. The van der Waals surface area contributed by atoms with Crippen LogP contribution in [0.25, 0.3) is 0 Å². The molecule has 7 nitrogen and oxygen atoms in total. The van der Waals surface area contributed by atoms with Crippen LogP contribution in [0, 0.1) is 0 Å². The van der Waals surface area contributed by atoms with Crippen molar-refractivity contribution in [3.8, 4) is 0 Å². The summed E-state index contributed by atoms with van der Waals surface area (Å²) in [4.78, 5) is 37.6. The molecule has 3 amide bonds. The van der Waals surface area contributed by atoms with Gasteiger partial charge in [-0.3, -0.25) is 14.4 Å². The minimum atomic E-state index is -0.554. The van der Waals surface area contributed by atoms with Gasteiger partial charge in [0.1, 0.15) is 0 Å². The van der Waals surface area contributed by atoms with Gasteiger partial charge in [0.2, 0.25) is 11.8 Å². The maximum Gasteiger partial charge on any atom is 0.255 e. The molecule has 0 spiro atoms. The summed E-state index contributed by atoms with van der Waals surface area (Å²) in [5.41, 5.74) is 13.1. The Morgan fingerprint density at radius 3 is 1.93 bits per heavy atom. The first-order valence-corrected chi connectivity index (χ1v) is 8.86. The number of hydrogen-bond donors (Lipinski definition) is 3. The molecule has 1 aliphatic rings. The number of piperidine rings is 1. The molecule has 2 aromatic rings. The second kappa shape index (κ2) is 7.90. The number of carbonyl (C=O) groups is 3. The first-order chi connectivity index (χ1) is 13.0. The van der Waals surface area contributed by atoms with Crippen LogP contribution in [0.4, 0.5) is 11.4 Å². The van der Waals surface area contributed by atoms with Gasteiger partial charge in [-0.05, 0) is 61.7 Å². The molecule has 140 valence electrons. The number of rotatable bonds is 5. The number of anilines is 2. The third-order valence-electron chi connectivity index (χ3n) is 4.66. The number of carbonyl (C=O) groups excluding carboxylic acids is 3. The number of amides is 3. The third-order valence-corrected chi connectivity index (χ3v) is 4.66. The Labute approximate surface area is 157 Å². The average molecular weight is 366 g/mol. The SMILES string of the molecule is NC(=O)c1ccc(C(=O)Nc2cc(C(N)=O)ccc2N2CCCCC2)cc1. The quantitative estimate of drug-likeness (QED) is 0.751. The molecule has 1 aliphatic heterocycles. The van der Waals surface area contributed by atoms with Crippen molar-refractivity contribution in [2.45, 2.75) is 19.3 Å². The normalized spacial score (nSPS) is 13.9. The van der Waals surface area contributed by atoms with Gasteiger partial charge < -0.3 is 21.7 Å². The molecule has 0 bridgehead atoms. The summed E-state index contributed by atoms with van der Waals surface area (Å²) >= 11 is 0. The van der Waals surface area contributed by atoms with Crippen molar-refractivity contribution in [2.24, 2.45) is 11.5 Å². The molecule has 0 aliphatic carbocycles. The molecule has 0 saturated carbocycles. The van der Waals surface area contributed by atoms with Crippen molar-refractivity contribution in [3.63, 3.8) is 0 Å². The van der Waals surface area contributed by atoms with E-state index in [2.05, 4.69) is 10.2 Å².